The van der Waals surface area contributed by atoms with Crippen LogP contribution in [0.3, 0.4) is 0 Å². The average molecular weight is 425 g/mol. The second kappa shape index (κ2) is 6.91. The van der Waals surface area contributed by atoms with E-state index in [4.69, 9.17) is 0 Å². The van der Waals surface area contributed by atoms with Crippen LogP contribution in [0, 0.1) is 15.3 Å². The second-order valence-corrected chi connectivity index (χ2v) is 9.30. The summed E-state index contributed by atoms with van der Waals surface area (Å²) >= 11 is 2.14. The Labute approximate surface area is 139 Å². The van der Waals surface area contributed by atoms with E-state index < -0.39 is 9.84 Å². The van der Waals surface area contributed by atoms with Crippen molar-refractivity contribution in [3.05, 3.63) is 33.1 Å². The van der Waals surface area contributed by atoms with Crippen LogP contribution in [0.15, 0.2) is 18.2 Å². The summed E-state index contributed by atoms with van der Waals surface area (Å²) in [6, 6.07) is 4.88. The maximum Gasteiger partial charge on any atom is 0.150 e. The van der Waals surface area contributed by atoms with Gasteiger partial charge in [0.1, 0.15) is 15.7 Å². The van der Waals surface area contributed by atoms with Crippen molar-refractivity contribution >= 4 is 32.4 Å². The van der Waals surface area contributed by atoms with E-state index >= 15 is 0 Å². The van der Waals surface area contributed by atoms with Gasteiger partial charge in [-0.25, -0.2) is 12.8 Å². The van der Waals surface area contributed by atoms with Gasteiger partial charge in [-0.15, -0.1) is 0 Å². The van der Waals surface area contributed by atoms with Gasteiger partial charge in [0.25, 0.3) is 0 Å². The fourth-order valence-electron chi connectivity index (χ4n) is 3.27. The standard InChI is InChI=1S/C15H21FINO2S/c1-18-15(13-7-6-11(16)9-14(13)17)10-4-3-5-12(8-10)21(2,19)20/h6-7,9-10,12,15,18H,3-5,8H2,1-2H3. The van der Waals surface area contributed by atoms with Gasteiger partial charge in [0.2, 0.25) is 0 Å². The molecular weight excluding hydrogens is 404 g/mol. The van der Waals surface area contributed by atoms with Gasteiger partial charge < -0.3 is 5.32 Å². The van der Waals surface area contributed by atoms with E-state index in [2.05, 4.69) is 27.9 Å². The summed E-state index contributed by atoms with van der Waals surface area (Å²) in [7, 11) is -1.11. The molecule has 1 saturated carbocycles. The smallest absolute Gasteiger partial charge is 0.150 e. The highest BCUT2D eigenvalue weighted by molar-refractivity contribution is 14.1. The van der Waals surface area contributed by atoms with Crippen molar-refractivity contribution in [2.24, 2.45) is 5.92 Å². The fourth-order valence-corrected chi connectivity index (χ4v) is 5.28. The van der Waals surface area contributed by atoms with Crippen LogP contribution in [0.5, 0.6) is 0 Å². The minimum absolute atomic E-state index is 0.0713. The second-order valence-electron chi connectivity index (χ2n) is 5.81. The minimum Gasteiger partial charge on any atom is -0.313 e. The molecule has 6 heteroatoms. The number of rotatable bonds is 4. The summed E-state index contributed by atoms with van der Waals surface area (Å²) < 4.78 is 37.8. The van der Waals surface area contributed by atoms with Crippen LogP contribution in [0.4, 0.5) is 4.39 Å². The summed E-state index contributed by atoms with van der Waals surface area (Å²) in [5, 5.41) is 3.05. The first-order valence-corrected chi connectivity index (χ1v) is 10.2. The lowest BCUT2D eigenvalue weighted by atomic mass is 9.81. The third-order valence-electron chi connectivity index (χ3n) is 4.35. The highest BCUT2D eigenvalue weighted by atomic mass is 127. The van der Waals surface area contributed by atoms with E-state index in [1.165, 1.54) is 18.4 Å². The largest absolute Gasteiger partial charge is 0.313 e. The summed E-state index contributed by atoms with van der Waals surface area (Å²) in [4.78, 5) is 0. The molecule has 3 unspecified atom stereocenters. The lowest BCUT2D eigenvalue weighted by Gasteiger charge is -2.34. The van der Waals surface area contributed by atoms with Gasteiger partial charge in [-0.1, -0.05) is 12.5 Å². The van der Waals surface area contributed by atoms with Crippen LogP contribution in [0.25, 0.3) is 0 Å². The van der Waals surface area contributed by atoms with Crippen LogP contribution in [0.1, 0.15) is 37.3 Å². The van der Waals surface area contributed by atoms with Crippen LogP contribution in [-0.4, -0.2) is 27.0 Å². The number of hydrogen-bond donors (Lipinski definition) is 1. The van der Waals surface area contributed by atoms with Crippen molar-refractivity contribution in [1.29, 1.82) is 0 Å². The van der Waals surface area contributed by atoms with Crippen molar-refractivity contribution in [1.82, 2.24) is 5.32 Å². The van der Waals surface area contributed by atoms with Gasteiger partial charge in [-0.3, -0.25) is 0 Å². The molecule has 3 atom stereocenters. The Bertz CT molecular complexity index is 606. The predicted molar refractivity (Wildman–Crippen MR) is 91.5 cm³/mol. The Morgan fingerprint density at radius 3 is 2.67 bits per heavy atom. The zero-order chi connectivity index (χ0) is 15.6. The Kier molecular flexibility index (Phi) is 5.65. The highest BCUT2D eigenvalue weighted by Crippen LogP contribution is 2.38. The molecule has 21 heavy (non-hydrogen) atoms. The number of hydrogen-bond acceptors (Lipinski definition) is 3. The molecule has 1 fully saturated rings. The van der Waals surface area contributed by atoms with E-state index in [9.17, 15) is 12.8 Å². The maximum absolute atomic E-state index is 13.3. The van der Waals surface area contributed by atoms with E-state index in [-0.39, 0.29) is 23.0 Å². The van der Waals surface area contributed by atoms with Crippen molar-refractivity contribution in [3.8, 4) is 0 Å². The van der Waals surface area contributed by atoms with E-state index in [0.717, 1.165) is 28.4 Å². The first-order chi connectivity index (χ1) is 9.82. The van der Waals surface area contributed by atoms with Crippen LogP contribution >= 0.6 is 22.6 Å². The molecular formula is C15H21FINO2S. The third-order valence-corrected chi connectivity index (χ3v) is 6.93. The van der Waals surface area contributed by atoms with E-state index in [1.54, 1.807) is 0 Å². The number of benzene rings is 1. The summed E-state index contributed by atoms with van der Waals surface area (Å²) in [6.07, 6.45) is 4.70. The van der Waals surface area contributed by atoms with Crippen molar-refractivity contribution in [2.75, 3.05) is 13.3 Å². The molecule has 1 aliphatic carbocycles. The molecule has 0 aromatic heterocycles. The Morgan fingerprint density at radius 1 is 1.38 bits per heavy atom. The van der Waals surface area contributed by atoms with E-state index in [1.807, 2.05) is 13.1 Å². The number of nitrogens with one attached hydrogen (secondary N) is 1. The van der Waals surface area contributed by atoms with Crippen molar-refractivity contribution in [3.63, 3.8) is 0 Å². The molecule has 0 bridgehead atoms. The maximum atomic E-state index is 13.3. The topological polar surface area (TPSA) is 46.2 Å². The molecule has 1 N–H and O–H groups in total. The Morgan fingerprint density at radius 2 is 2.10 bits per heavy atom. The van der Waals surface area contributed by atoms with Gasteiger partial charge in [0, 0.05) is 15.9 Å². The fraction of sp³-hybridized carbons (Fsp3) is 0.600. The summed E-state index contributed by atoms with van der Waals surface area (Å²) in [5.41, 5.74) is 1.05. The first kappa shape index (κ1) is 17.1. The molecule has 1 aromatic carbocycles. The molecule has 118 valence electrons. The molecule has 0 amide bonds. The van der Waals surface area contributed by atoms with Gasteiger partial charge in [0.05, 0.1) is 5.25 Å². The Balaban J connectivity index is 2.24. The van der Waals surface area contributed by atoms with E-state index in [0.29, 0.717) is 6.42 Å². The molecule has 0 heterocycles. The SMILES string of the molecule is CNC(c1ccc(F)cc1I)C1CCCC(S(C)(=O)=O)C1. The number of halogens is 2. The van der Waals surface area contributed by atoms with Crippen molar-refractivity contribution in [2.45, 2.75) is 37.0 Å². The zero-order valence-corrected chi connectivity index (χ0v) is 15.2. The minimum atomic E-state index is -2.99. The van der Waals surface area contributed by atoms with Crippen LogP contribution in [-0.2, 0) is 9.84 Å². The van der Waals surface area contributed by atoms with Gasteiger partial charge in [0.15, 0.2) is 0 Å². The van der Waals surface area contributed by atoms with Crippen LogP contribution < -0.4 is 5.32 Å². The molecule has 3 nitrogen and oxygen atoms in total. The molecule has 2 rings (SSSR count). The average Bonchev–Trinajstić information content (AvgIpc) is 2.41. The summed E-state index contributed by atoms with van der Waals surface area (Å²) in [5.74, 6) is 0.0260. The van der Waals surface area contributed by atoms with Gasteiger partial charge in [-0.05, 0) is 72.5 Å². The molecule has 1 aliphatic rings. The molecule has 0 aliphatic heterocycles. The van der Waals surface area contributed by atoms with Gasteiger partial charge >= 0.3 is 0 Å². The molecule has 0 saturated heterocycles. The van der Waals surface area contributed by atoms with Gasteiger partial charge in [-0.2, -0.15) is 0 Å². The highest BCUT2D eigenvalue weighted by Gasteiger charge is 2.33. The lowest BCUT2D eigenvalue weighted by Crippen LogP contribution is -2.34. The predicted octanol–water partition coefficient (Wildman–Crippen LogP) is 3.29. The zero-order valence-electron chi connectivity index (χ0n) is 12.3. The van der Waals surface area contributed by atoms with Crippen LogP contribution in [0.2, 0.25) is 0 Å². The first-order valence-electron chi connectivity index (χ1n) is 7.14. The molecule has 1 aromatic rings. The quantitative estimate of drug-likeness (QED) is 0.754. The molecule has 0 radical (unpaired) electrons. The van der Waals surface area contributed by atoms with Crippen molar-refractivity contribution < 1.29 is 12.8 Å². The lowest BCUT2D eigenvalue weighted by molar-refractivity contribution is 0.282. The monoisotopic (exact) mass is 425 g/mol. The number of sulfone groups is 1. The summed E-state index contributed by atoms with van der Waals surface area (Å²) in [6.45, 7) is 0. The Hall–Kier alpha value is -0.210. The molecule has 0 spiro atoms. The normalized spacial score (nSPS) is 24.8. The third kappa shape index (κ3) is 4.16.